The number of carbonyl (C=O) groups is 2. The summed E-state index contributed by atoms with van der Waals surface area (Å²) in [5.41, 5.74) is 2.15. The van der Waals surface area contributed by atoms with Gasteiger partial charge >= 0.3 is 0 Å². The van der Waals surface area contributed by atoms with Crippen LogP contribution in [0.15, 0.2) is 59.1 Å². The van der Waals surface area contributed by atoms with Crippen molar-refractivity contribution < 1.29 is 9.59 Å². The quantitative estimate of drug-likeness (QED) is 0.555. The summed E-state index contributed by atoms with van der Waals surface area (Å²) in [7, 11) is 0. The van der Waals surface area contributed by atoms with E-state index in [1.807, 2.05) is 42.5 Å². The van der Waals surface area contributed by atoms with Crippen LogP contribution >= 0.6 is 27.3 Å². The summed E-state index contributed by atoms with van der Waals surface area (Å²) in [5.74, 6) is 0.177. The van der Waals surface area contributed by atoms with Gasteiger partial charge in [-0.05, 0) is 42.9 Å². The number of carbonyl (C=O) groups excluding carboxylic acids is 2. The molecule has 158 valence electrons. The molecule has 0 bridgehead atoms. The zero-order valence-electron chi connectivity index (χ0n) is 16.7. The number of aromatic nitrogens is 2. The Kier molecular flexibility index (Phi) is 5.58. The van der Waals surface area contributed by atoms with Crippen molar-refractivity contribution in [3.8, 4) is 10.6 Å². The van der Waals surface area contributed by atoms with Crippen LogP contribution in [0.2, 0.25) is 0 Å². The van der Waals surface area contributed by atoms with E-state index in [4.69, 9.17) is 0 Å². The van der Waals surface area contributed by atoms with E-state index in [0.29, 0.717) is 18.1 Å². The molecule has 8 heteroatoms. The first kappa shape index (κ1) is 20.3. The van der Waals surface area contributed by atoms with Gasteiger partial charge in [0.05, 0.1) is 0 Å². The third kappa shape index (κ3) is 4.27. The maximum atomic E-state index is 13.1. The number of anilines is 1. The highest BCUT2D eigenvalue weighted by Crippen LogP contribution is 2.49. The van der Waals surface area contributed by atoms with Gasteiger partial charge in [-0.25, -0.2) is 0 Å². The molecule has 3 unspecified atom stereocenters. The van der Waals surface area contributed by atoms with E-state index in [0.717, 1.165) is 27.9 Å². The maximum Gasteiger partial charge on any atom is 0.249 e. The molecule has 1 saturated heterocycles. The molecule has 0 spiro atoms. The molecule has 1 saturated carbocycles. The molecular formula is C23H21BrN4O2S. The first-order valence-electron chi connectivity index (χ1n) is 10.4. The Morgan fingerprint density at radius 1 is 1.06 bits per heavy atom. The van der Waals surface area contributed by atoms with E-state index >= 15 is 0 Å². The number of hydrogen-bond acceptors (Lipinski definition) is 5. The Balaban J connectivity index is 1.23. The van der Waals surface area contributed by atoms with Gasteiger partial charge in [0.15, 0.2) is 0 Å². The number of hydrogen-bond donors (Lipinski definition) is 1. The van der Waals surface area contributed by atoms with Crippen LogP contribution in [0, 0.1) is 5.92 Å². The fourth-order valence-corrected chi connectivity index (χ4v) is 5.24. The normalized spacial score (nSPS) is 22.4. The van der Waals surface area contributed by atoms with E-state index in [9.17, 15) is 9.59 Å². The van der Waals surface area contributed by atoms with E-state index in [1.54, 1.807) is 4.90 Å². The molecule has 1 N–H and O–H groups in total. The average molecular weight is 497 g/mol. The van der Waals surface area contributed by atoms with Gasteiger partial charge in [-0.2, -0.15) is 0 Å². The monoisotopic (exact) mass is 496 g/mol. The molecule has 2 amide bonds. The lowest BCUT2D eigenvalue weighted by Gasteiger charge is -2.23. The van der Waals surface area contributed by atoms with Crippen LogP contribution in [0.1, 0.15) is 30.7 Å². The lowest BCUT2D eigenvalue weighted by atomic mass is 10.1. The summed E-state index contributed by atoms with van der Waals surface area (Å²) < 4.78 is 0.991. The smallest absolute Gasteiger partial charge is 0.249 e. The lowest BCUT2D eigenvalue weighted by Crippen LogP contribution is -2.44. The molecule has 3 atom stereocenters. The van der Waals surface area contributed by atoms with Crippen molar-refractivity contribution in [2.24, 2.45) is 5.92 Å². The van der Waals surface area contributed by atoms with Crippen LogP contribution < -0.4 is 5.32 Å². The molecule has 2 heterocycles. The second kappa shape index (κ2) is 8.51. The van der Waals surface area contributed by atoms with Gasteiger partial charge in [-0.15, -0.1) is 10.2 Å². The summed E-state index contributed by atoms with van der Waals surface area (Å²) in [6.45, 7) is 0.634. The summed E-state index contributed by atoms with van der Waals surface area (Å²) in [4.78, 5) is 27.8. The predicted octanol–water partition coefficient (Wildman–Crippen LogP) is 4.70. The SMILES string of the molecule is O=C(Nc1nnc(-c2ccc(Br)cc2)s1)C1CCCN1C(=O)C1CC1c1ccccc1. The highest BCUT2D eigenvalue weighted by atomic mass is 79.9. The lowest BCUT2D eigenvalue weighted by molar-refractivity contribution is -0.137. The highest BCUT2D eigenvalue weighted by Gasteiger charge is 2.48. The number of nitrogens with zero attached hydrogens (tertiary/aromatic N) is 3. The van der Waals surface area contributed by atoms with Crippen molar-refractivity contribution in [1.82, 2.24) is 15.1 Å². The predicted molar refractivity (Wildman–Crippen MR) is 124 cm³/mol. The fraction of sp³-hybridized carbons (Fsp3) is 0.304. The molecule has 5 rings (SSSR count). The Hall–Kier alpha value is -2.58. The van der Waals surface area contributed by atoms with Crippen LogP contribution in [-0.2, 0) is 9.59 Å². The molecule has 6 nitrogen and oxygen atoms in total. The molecule has 31 heavy (non-hydrogen) atoms. The first-order chi connectivity index (χ1) is 15.1. The van der Waals surface area contributed by atoms with E-state index < -0.39 is 6.04 Å². The molecule has 1 aliphatic carbocycles. The number of nitrogens with one attached hydrogen (secondary N) is 1. The third-order valence-electron chi connectivity index (χ3n) is 5.92. The Bertz CT molecular complexity index is 1100. The third-order valence-corrected chi connectivity index (χ3v) is 7.34. The minimum absolute atomic E-state index is 0.0127. The minimum atomic E-state index is -0.440. The Morgan fingerprint density at radius 3 is 2.61 bits per heavy atom. The van der Waals surface area contributed by atoms with Gasteiger partial charge < -0.3 is 4.90 Å². The van der Waals surface area contributed by atoms with Gasteiger partial charge in [0.1, 0.15) is 11.0 Å². The fourth-order valence-electron chi connectivity index (χ4n) is 4.22. The van der Waals surface area contributed by atoms with Gasteiger partial charge in [0.2, 0.25) is 16.9 Å². The molecule has 3 aromatic rings. The van der Waals surface area contributed by atoms with Crippen molar-refractivity contribution in [1.29, 1.82) is 0 Å². The van der Waals surface area contributed by atoms with Crippen LogP contribution in [-0.4, -0.2) is 39.5 Å². The summed E-state index contributed by atoms with van der Waals surface area (Å²) in [5, 5.41) is 12.4. The second-order valence-corrected chi connectivity index (χ2v) is 9.85. The van der Waals surface area contributed by atoms with Gasteiger partial charge in [-0.1, -0.05) is 69.7 Å². The highest BCUT2D eigenvalue weighted by molar-refractivity contribution is 9.10. The Labute approximate surface area is 192 Å². The van der Waals surface area contributed by atoms with Crippen molar-refractivity contribution in [3.63, 3.8) is 0 Å². The number of benzene rings is 2. The van der Waals surface area contributed by atoms with Gasteiger partial charge in [0.25, 0.3) is 0 Å². The number of rotatable bonds is 5. The second-order valence-electron chi connectivity index (χ2n) is 7.96. The summed E-state index contributed by atoms with van der Waals surface area (Å²) in [6, 6.07) is 17.5. The molecule has 0 radical (unpaired) electrons. The van der Waals surface area contributed by atoms with Crippen LogP contribution in [0.5, 0.6) is 0 Å². The van der Waals surface area contributed by atoms with Crippen molar-refractivity contribution >= 4 is 44.2 Å². The van der Waals surface area contributed by atoms with Crippen molar-refractivity contribution in [2.75, 3.05) is 11.9 Å². The summed E-state index contributed by atoms with van der Waals surface area (Å²) >= 11 is 4.75. The van der Waals surface area contributed by atoms with E-state index in [-0.39, 0.29) is 23.7 Å². The zero-order valence-corrected chi connectivity index (χ0v) is 19.1. The van der Waals surface area contributed by atoms with Crippen LogP contribution in [0.25, 0.3) is 10.6 Å². The van der Waals surface area contributed by atoms with Gasteiger partial charge in [-0.3, -0.25) is 14.9 Å². The molecular weight excluding hydrogens is 476 g/mol. The molecule has 1 aromatic heterocycles. The zero-order chi connectivity index (χ0) is 21.4. The van der Waals surface area contributed by atoms with E-state index in [1.165, 1.54) is 16.9 Å². The van der Waals surface area contributed by atoms with Crippen LogP contribution in [0.3, 0.4) is 0 Å². The largest absolute Gasteiger partial charge is 0.330 e. The minimum Gasteiger partial charge on any atom is -0.330 e. The van der Waals surface area contributed by atoms with E-state index in [2.05, 4.69) is 43.6 Å². The van der Waals surface area contributed by atoms with Crippen LogP contribution in [0.4, 0.5) is 5.13 Å². The van der Waals surface area contributed by atoms with Crippen molar-refractivity contribution in [3.05, 3.63) is 64.6 Å². The molecule has 2 aromatic carbocycles. The van der Waals surface area contributed by atoms with Crippen molar-refractivity contribution in [2.45, 2.75) is 31.2 Å². The average Bonchev–Trinajstić information content (AvgIpc) is 3.19. The Morgan fingerprint density at radius 2 is 1.84 bits per heavy atom. The topological polar surface area (TPSA) is 75.2 Å². The first-order valence-corrected chi connectivity index (χ1v) is 12.0. The maximum absolute atomic E-state index is 13.1. The molecule has 2 fully saturated rings. The number of amides is 2. The molecule has 1 aliphatic heterocycles. The molecule has 2 aliphatic rings. The van der Waals surface area contributed by atoms with Gasteiger partial charge in [0, 0.05) is 22.5 Å². The standard InChI is InChI=1S/C23H21BrN4O2S/c24-16-10-8-15(9-11-16)21-26-27-23(31-21)25-20(29)19-7-4-12-28(19)22(30)18-13-17(18)14-5-2-1-3-6-14/h1-3,5-6,8-11,17-19H,4,7,12-13H2,(H,25,27,29). The number of likely N-dealkylation sites (tertiary alicyclic amines) is 1. The number of halogens is 1. The summed E-state index contributed by atoms with van der Waals surface area (Å²) in [6.07, 6.45) is 2.38.